The molecule has 0 aromatic rings. The van der Waals surface area contributed by atoms with Crippen molar-refractivity contribution in [3.63, 3.8) is 0 Å². The predicted octanol–water partition coefficient (Wildman–Crippen LogP) is 2.23. The van der Waals surface area contributed by atoms with Gasteiger partial charge in [-0.15, -0.1) is 0 Å². The number of amides is 1. The number of ether oxygens (including phenoxy) is 1. The second-order valence-corrected chi connectivity index (χ2v) is 7.17. The highest BCUT2D eigenvalue weighted by molar-refractivity contribution is 5.82. The summed E-state index contributed by atoms with van der Waals surface area (Å²) in [5, 5.41) is 6.74. The molecular formula is C17H30N2O2. The number of carbonyl (C=O) groups is 1. The number of hydrogen-bond acceptors (Lipinski definition) is 3. The maximum atomic E-state index is 12.2. The molecule has 4 nitrogen and oxygen atoms in total. The van der Waals surface area contributed by atoms with Gasteiger partial charge in [0.1, 0.15) is 0 Å². The molecule has 1 amide bonds. The van der Waals surface area contributed by atoms with Crippen molar-refractivity contribution in [2.75, 3.05) is 26.3 Å². The van der Waals surface area contributed by atoms with Gasteiger partial charge in [-0.05, 0) is 37.5 Å². The lowest BCUT2D eigenvalue weighted by molar-refractivity contribution is -0.123. The van der Waals surface area contributed by atoms with Gasteiger partial charge in [-0.2, -0.15) is 0 Å². The van der Waals surface area contributed by atoms with Crippen LogP contribution in [-0.2, 0) is 9.53 Å². The summed E-state index contributed by atoms with van der Waals surface area (Å²) in [6.45, 7) is 3.37. The summed E-state index contributed by atoms with van der Waals surface area (Å²) in [7, 11) is 0. The quantitative estimate of drug-likeness (QED) is 0.604. The third-order valence-corrected chi connectivity index (χ3v) is 5.71. The van der Waals surface area contributed by atoms with Crippen molar-refractivity contribution >= 4 is 5.91 Å². The van der Waals surface area contributed by atoms with Crippen LogP contribution < -0.4 is 10.6 Å². The van der Waals surface area contributed by atoms with Crippen molar-refractivity contribution < 1.29 is 9.53 Å². The number of hydrogen-bond donors (Lipinski definition) is 2. The molecule has 3 rings (SSSR count). The Kier molecular flexibility index (Phi) is 5.17. The van der Waals surface area contributed by atoms with E-state index in [9.17, 15) is 4.79 Å². The Balaban J connectivity index is 1.30. The minimum absolute atomic E-state index is 0.263. The summed E-state index contributed by atoms with van der Waals surface area (Å²) in [5.74, 6) is 0.541. The Bertz CT molecular complexity index is 345. The van der Waals surface area contributed by atoms with Crippen molar-refractivity contribution in [1.82, 2.24) is 10.6 Å². The van der Waals surface area contributed by atoms with Crippen LogP contribution in [0.15, 0.2) is 0 Å². The maximum absolute atomic E-state index is 12.2. The van der Waals surface area contributed by atoms with Crippen molar-refractivity contribution in [3.8, 4) is 0 Å². The van der Waals surface area contributed by atoms with Crippen molar-refractivity contribution in [2.45, 2.75) is 63.8 Å². The third kappa shape index (κ3) is 3.98. The molecule has 2 aliphatic carbocycles. The Morgan fingerprint density at radius 2 is 1.76 bits per heavy atom. The molecule has 0 aromatic carbocycles. The SMILES string of the molecule is O=C(NCCNC1CCCCCC1)[C@@H]1CC12CCOCC2. The van der Waals surface area contributed by atoms with Crippen LogP contribution in [0.5, 0.6) is 0 Å². The van der Waals surface area contributed by atoms with Crippen LogP contribution in [0.25, 0.3) is 0 Å². The number of rotatable bonds is 5. The zero-order valence-corrected chi connectivity index (χ0v) is 13.2. The summed E-state index contributed by atoms with van der Waals surface area (Å²) >= 11 is 0. The van der Waals surface area contributed by atoms with Gasteiger partial charge in [0.05, 0.1) is 0 Å². The summed E-state index contributed by atoms with van der Waals surface area (Å²) in [5.41, 5.74) is 0.303. The van der Waals surface area contributed by atoms with Gasteiger partial charge < -0.3 is 15.4 Å². The van der Waals surface area contributed by atoms with E-state index < -0.39 is 0 Å². The fourth-order valence-corrected chi connectivity index (χ4v) is 4.12. The highest BCUT2D eigenvalue weighted by atomic mass is 16.5. The molecule has 1 heterocycles. The Hall–Kier alpha value is -0.610. The lowest BCUT2D eigenvalue weighted by atomic mass is 9.93. The van der Waals surface area contributed by atoms with Crippen LogP contribution in [0.2, 0.25) is 0 Å². The van der Waals surface area contributed by atoms with Crippen LogP contribution >= 0.6 is 0 Å². The van der Waals surface area contributed by atoms with E-state index in [4.69, 9.17) is 4.74 Å². The molecule has 120 valence electrons. The summed E-state index contributed by atoms with van der Waals surface area (Å²) < 4.78 is 5.41. The van der Waals surface area contributed by atoms with Crippen LogP contribution in [0.4, 0.5) is 0 Å². The molecule has 1 saturated heterocycles. The van der Waals surface area contributed by atoms with Gasteiger partial charge in [-0.25, -0.2) is 0 Å². The molecule has 1 aliphatic heterocycles. The normalized spacial score (nSPS) is 29.0. The smallest absolute Gasteiger partial charge is 0.223 e. The van der Waals surface area contributed by atoms with Crippen LogP contribution in [0, 0.1) is 11.3 Å². The molecular weight excluding hydrogens is 264 g/mol. The van der Waals surface area contributed by atoms with E-state index in [1.54, 1.807) is 0 Å². The Morgan fingerprint density at radius 3 is 2.48 bits per heavy atom. The van der Waals surface area contributed by atoms with Gasteiger partial charge in [0.2, 0.25) is 5.91 Å². The summed E-state index contributed by atoms with van der Waals surface area (Å²) in [6, 6.07) is 0.673. The fraction of sp³-hybridized carbons (Fsp3) is 0.941. The first-order chi connectivity index (χ1) is 10.3. The van der Waals surface area contributed by atoms with Crippen LogP contribution in [0.3, 0.4) is 0 Å². The highest BCUT2D eigenvalue weighted by Crippen LogP contribution is 2.59. The molecule has 3 fully saturated rings. The second-order valence-electron chi connectivity index (χ2n) is 7.17. The molecule has 0 radical (unpaired) electrons. The Labute approximate surface area is 128 Å². The molecule has 1 spiro atoms. The monoisotopic (exact) mass is 294 g/mol. The van der Waals surface area contributed by atoms with Gasteiger partial charge >= 0.3 is 0 Å². The molecule has 2 N–H and O–H groups in total. The minimum atomic E-state index is 0.263. The molecule has 2 saturated carbocycles. The lowest BCUT2D eigenvalue weighted by Gasteiger charge is -2.22. The minimum Gasteiger partial charge on any atom is -0.381 e. The van der Waals surface area contributed by atoms with Gasteiger partial charge in [0.25, 0.3) is 0 Å². The molecule has 21 heavy (non-hydrogen) atoms. The zero-order chi connectivity index (χ0) is 14.5. The molecule has 3 aliphatic rings. The van der Waals surface area contributed by atoms with Crippen molar-refractivity contribution in [3.05, 3.63) is 0 Å². The van der Waals surface area contributed by atoms with Crippen molar-refractivity contribution in [2.24, 2.45) is 11.3 Å². The van der Waals surface area contributed by atoms with E-state index in [0.717, 1.165) is 45.6 Å². The average molecular weight is 294 g/mol. The van der Waals surface area contributed by atoms with E-state index in [0.29, 0.717) is 11.5 Å². The fourth-order valence-electron chi connectivity index (χ4n) is 4.12. The summed E-state index contributed by atoms with van der Waals surface area (Å²) in [4.78, 5) is 12.2. The van der Waals surface area contributed by atoms with Gasteiger partial charge in [-0.3, -0.25) is 4.79 Å². The second kappa shape index (κ2) is 7.10. The maximum Gasteiger partial charge on any atom is 0.223 e. The van der Waals surface area contributed by atoms with Gasteiger partial charge in [0, 0.05) is 38.3 Å². The third-order valence-electron chi connectivity index (χ3n) is 5.71. The molecule has 0 aromatic heterocycles. The van der Waals surface area contributed by atoms with Crippen molar-refractivity contribution in [1.29, 1.82) is 0 Å². The first kappa shape index (κ1) is 15.3. The first-order valence-electron chi connectivity index (χ1n) is 8.89. The predicted molar refractivity (Wildman–Crippen MR) is 83.1 cm³/mol. The average Bonchev–Trinajstić information content (AvgIpc) is 3.25. The standard InChI is InChI=1S/C17H30N2O2/c20-16(15-13-17(15)7-11-21-12-8-17)19-10-9-18-14-5-3-1-2-4-6-14/h14-15,18H,1-13H2,(H,19,20)/t15-/m0/s1. The van der Waals surface area contributed by atoms with E-state index in [-0.39, 0.29) is 11.8 Å². The Morgan fingerprint density at radius 1 is 1.05 bits per heavy atom. The van der Waals surface area contributed by atoms with E-state index in [2.05, 4.69) is 10.6 Å². The van der Waals surface area contributed by atoms with Crippen LogP contribution in [-0.4, -0.2) is 38.3 Å². The first-order valence-corrected chi connectivity index (χ1v) is 8.89. The topological polar surface area (TPSA) is 50.4 Å². The molecule has 0 unspecified atom stereocenters. The van der Waals surface area contributed by atoms with E-state index in [1.165, 1.54) is 38.5 Å². The van der Waals surface area contributed by atoms with Crippen LogP contribution in [0.1, 0.15) is 57.8 Å². The zero-order valence-electron chi connectivity index (χ0n) is 13.2. The number of nitrogens with one attached hydrogen (secondary N) is 2. The molecule has 4 heteroatoms. The highest BCUT2D eigenvalue weighted by Gasteiger charge is 2.57. The van der Waals surface area contributed by atoms with Gasteiger partial charge in [-0.1, -0.05) is 25.7 Å². The largest absolute Gasteiger partial charge is 0.381 e. The number of carbonyl (C=O) groups excluding carboxylic acids is 1. The van der Waals surface area contributed by atoms with Gasteiger partial charge in [0.15, 0.2) is 0 Å². The molecule has 0 bridgehead atoms. The lowest BCUT2D eigenvalue weighted by Crippen LogP contribution is -2.38. The van der Waals surface area contributed by atoms with E-state index in [1.807, 2.05) is 0 Å². The van der Waals surface area contributed by atoms with E-state index >= 15 is 0 Å². The summed E-state index contributed by atoms with van der Waals surface area (Å²) in [6.07, 6.45) is 11.3. The molecule has 1 atom stereocenters.